The van der Waals surface area contributed by atoms with Gasteiger partial charge in [-0.05, 0) is 32.0 Å². The zero-order valence-electron chi connectivity index (χ0n) is 18.2. The summed E-state index contributed by atoms with van der Waals surface area (Å²) in [5.41, 5.74) is 3.24. The van der Waals surface area contributed by atoms with E-state index < -0.39 is 0 Å². The van der Waals surface area contributed by atoms with Gasteiger partial charge in [0.2, 0.25) is 0 Å². The second-order valence-corrected chi connectivity index (χ2v) is 8.68. The highest BCUT2D eigenvalue weighted by atomic mass is 32.1. The van der Waals surface area contributed by atoms with Crippen LogP contribution >= 0.6 is 11.3 Å². The Bertz CT molecular complexity index is 1080. The van der Waals surface area contributed by atoms with Crippen molar-refractivity contribution in [3.63, 3.8) is 0 Å². The maximum atomic E-state index is 12.6. The van der Waals surface area contributed by atoms with Crippen LogP contribution in [0.1, 0.15) is 21.1 Å². The molecule has 4 heterocycles. The van der Waals surface area contributed by atoms with Crippen LogP contribution in [0.2, 0.25) is 0 Å². The monoisotopic (exact) mass is 453 g/mol. The molecular formula is C22H27N7O2S. The summed E-state index contributed by atoms with van der Waals surface area (Å²) in [6.45, 7) is 8.25. The molecule has 0 aliphatic carbocycles. The largest absolute Gasteiger partial charge is 0.395 e. The van der Waals surface area contributed by atoms with Crippen molar-refractivity contribution in [1.82, 2.24) is 19.9 Å². The highest BCUT2D eigenvalue weighted by Crippen LogP contribution is 2.27. The molecule has 0 atom stereocenters. The topological polar surface area (TPSA) is 107 Å². The fourth-order valence-corrected chi connectivity index (χ4v) is 4.32. The van der Waals surface area contributed by atoms with Crippen molar-refractivity contribution in [3.05, 3.63) is 52.9 Å². The van der Waals surface area contributed by atoms with Gasteiger partial charge in [0.05, 0.1) is 24.2 Å². The lowest BCUT2D eigenvalue weighted by molar-refractivity contribution is 0.103. The number of aliphatic hydroxyl groups excluding tert-OH is 1. The Labute approximate surface area is 191 Å². The molecule has 1 fully saturated rings. The number of hydrogen-bond acceptors (Lipinski definition) is 9. The van der Waals surface area contributed by atoms with Gasteiger partial charge < -0.3 is 20.6 Å². The average Bonchev–Trinajstić information content (AvgIpc) is 3.24. The van der Waals surface area contributed by atoms with Gasteiger partial charge in [0.1, 0.15) is 10.7 Å². The molecule has 0 saturated carbocycles. The van der Waals surface area contributed by atoms with E-state index in [0.29, 0.717) is 22.2 Å². The Hall–Kier alpha value is -3.08. The first-order valence-corrected chi connectivity index (χ1v) is 11.4. The van der Waals surface area contributed by atoms with Crippen molar-refractivity contribution in [2.45, 2.75) is 13.8 Å². The zero-order valence-corrected chi connectivity index (χ0v) is 19.0. The molecule has 1 amide bonds. The predicted molar refractivity (Wildman–Crippen MR) is 127 cm³/mol. The minimum Gasteiger partial charge on any atom is -0.395 e. The zero-order chi connectivity index (χ0) is 22.5. The van der Waals surface area contributed by atoms with Crippen LogP contribution in [0.15, 0.2) is 36.7 Å². The summed E-state index contributed by atoms with van der Waals surface area (Å²) in [4.78, 5) is 30.9. The number of carbonyl (C=O) groups is 1. The standard InChI is InChI=1S/C22H27N7O2S/c1-15-12-17(13-20(25-15)29-8-6-28(7-9-29)10-11-30)26-22-24-14-19(32-22)21(31)27-18-4-3-5-23-16(18)2/h3-5,12-14,30H,6-11H2,1-2H3,(H,27,31)(H,24,25,26). The Kier molecular flexibility index (Phi) is 6.93. The quantitative estimate of drug-likeness (QED) is 0.501. The lowest BCUT2D eigenvalue weighted by Crippen LogP contribution is -2.47. The lowest BCUT2D eigenvalue weighted by Gasteiger charge is -2.35. The summed E-state index contributed by atoms with van der Waals surface area (Å²) >= 11 is 1.29. The number of hydrogen-bond donors (Lipinski definition) is 3. The van der Waals surface area contributed by atoms with Gasteiger partial charge in [-0.2, -0.15) is 0 Å². The predicted octanol–water partition coefficient (Wildman–Crippen LogP) is 2.66. The van der Waals surface area contributed by atoms with E-state index in [2.05, 4.69) is 35.4 Å². The number of thiazole rings is 1. The highest BCUT2D eigenvalue weighted by molar-refractivity contribution is 7.17. The molecule has 0 bridgehead atoms. The Balaban J connectivity index is 1.42. The minimum atomic E-state index is -0.209. The number of rotatable bonds is 7. The molecule has 3 aromatic heterocycles. The summed E-state index contributed by atoms with van der Waals surface area (Å²) in [5.74, 6) is 0.705. The number of aromatic nitrogens is 3. The van der Waals surface area contributed by atoms with Gasteiger partial charge in [-0.3, -0.25) is 14.7 Å². The maximum absolute atomic E-state index is 12.6. The SMILES string of the molecule is Cc1cc(Nc2ncc(C(=O)Nc3cccnc3C)s2)cc(N2CCN(CCO)CC2)n1. The minimum absolute atomic E-state index is 0.187. The van der Waals surface area contributed by atoms with Crippen molar-refractivity contribution >= 4 is 39.6 Å². The Morgan fingerprint density at radius 2 is 2.00 bits per heavy atom. The first-order chi connectivity index (χ1) is 15.5. The van der Waals surface area contributed by atoms with E-state index in [1.165, 1.54) is 11.3 Å². The number of aliphatic hydroxyl groups is 1. The number of anilines is 4. The van der Waals surface area contributed by atoms with Crippen LogP contribution in [-0.2, 0) is 0 Å². The smallest absolute Gasteiger partial charge is 0.267 e. The number of nitrogens with zero attached hydrogens (tertiary/aromatic N) is 5. The number of nitrogens with one attached hydrogen (secondary N) is 2. The van der Waals surface area contributed by atoms with Crippen LogP contribution in [-0.4, -0.2) is 70.2 Å². The normalized spacial score (nSPS) is 14.4. The molecule has 3 N–H and O–H groups in total. The van der Waals surface area contributed by atoms with Gasteiger partial charge in [0.25, 0.3) is 5.91 Å². The van der Waals surface area contributed by atoms with Crippen molar-refractivity contribution in [2.75, 3.05) is 54.9 Å². The fraction of sp³-hybridized carbons (Fsp3) is 0.364. The van der Waals surface area contributed by atoms with Gasteiger partial charge in [0, 0.05) is 56.4 Å². The molecule has 1 saturated heterocycles. The second-order valence-electron chi connectivity index (χ2n) is 7.65. The van der Waals surface area contributed by atoms with Crippen LogP contribution in [0.25, 0.3) is 0 Å². The number of pyridine rings is 2. The summed E-state index contributed by atoms with van der Waals surface area (Å²) < 4.78 is 0. The van der Waals surface area contributed by atoms with Crippen LogP contribution in [0, 0.1) is 13.8 Å². The summed E-state index contributed by atoms with van der Waals surface area (Å²) in [6, 6.07) is 7.59. The molecular weight excluding hydrogens is 426 g/mol. The van der Waals surface area contributed by atoms with Gasteiger partial charge in [-0.25, -0.2) is 9.97 Å². The van der Waals surface area contributed by atoms with Crippen molar-refractivity contribution in [2.24, 2.45) is 0 Å². The van der Waals surface area contributed by atoms with Crippen molar-refractivity contribution < 1.29 is 9.90 Å². The number of amides is 1. The first-order valence-electron chi connectivity index (χ1n) is 10.5. The van der Waals surface area contributed by atoms with Crippen LogP contribution in [0.4, 0.5) is 22.3 Å². The molecule has 32 heavy (non-hydrogen) atoms. The van der Waals surface area contributed by atoms with Gasteiger partial charge in [0.15, 0.2) is 5.13 Å². The maximum Gasteiger partial charge on any atom is 0.267 e. The number of piperazine rings is 1. The third-order valence-electron chi connectivity index (χ3n) is 5.29. The number of carbonyl (C=O) groups excluding carboxylic acids is 1. The van der Waals surface area contributed by atoms with Crippen LogP contribution in [0.3, 0.4) is 0 Å². The van der Waals surface area contributed by atoms with Crippen LogP contribution < -0.4 is 15.5 Å². The van der Waals surface area contributed by atoms with E-state index in [9.17, 15) is 4.79 Å². The number of β-amino-alcohol motifs (C(OH)–C–C–N with tert-alkyl or cyclic N) is 1. The van der Waals surface area contributed by atoms with Gasteiger partial charge in [-0.1, -0.05) is 11.3 Å². The molecule has 168 valence electrons. The summed E-state index contributed by atoms with van der Waals surface area (Å²) in [7, 11) is 0. The van der Waals surface area contributed by atoms with E-state index in [1.54, 1.807) is 18.5 Å². The molecule has 0 unspecified atom stereocenters. The fourth-order valence-electron chi connectivity index (χ4n) is 3.59. The first kappa shape index (κ1) is 22.1. The highest BCUT2D eigenvalue weighted by Gasteiger charge is 2.19. The molecule has 9 nitrogen and oxygen atoms in total. The third-order valence-corrected chi connectivity index (χ3v) is 6.20. The molecule has 1 aliphatic heterocycles. The van der Waals surface area contributed by atoms with E-state index in [4.69, 9.17) is 5.11 Å². The van der Waals surface area contributed by atoms with E-state index in [1.807, 2.05) is 32.0 Å². The van der Waals surface area contributed by atoms with E-state index >= 15 is 0 Å². The third kappa shape index (κ3) is 5.39. The molecule has 3 aromatic rings. The van der Waals surface area contributed by atoms with Gasteiger partial charge >= 0.3 is 0 Å². The van der Waals surface area contributed by atoms with Crippen molar-refractivity contribution in [1.29, 1.82) is 0 Å². The molecule has 10 heteroatoms. The van der Waals surface area contributed by atoms with Crippen LogP contribution in [0.5, 0.6) is 0 Å². The Morgan fingerprint density at radius 1 is 1.19 bits per heavy atom. The Morgan fingerprint density at radius 3 is 2.75 bits per heavy atom. The van der Waals surface area contributed by atoms with Gasteiger partial charge in [-0.15, -0.1) is 0 Å². The molecule has 4 rings (SSSR count). The van der Waals surface area contributed by atoms with Crippen molar-refractivity contribution in [3.8, 4) is 0 Å². The summed E-state index contributed by atoms with van der Waals surface area (Å²) in [5, 5.41) is 16.0. The molecule has 0 spiro atoms. The average molecular weight is 454 g/mol. The molecule has 1 aliphatic rings. The summed E-state index contributed by atoms with van der Waals surface area (Å²) in [6.07, 6.45) is 3.27. The number of aryl methyl sites for hydroxylation is 2. The van der Waals surface area contributed by atoms with E-state index in [-0.39, 0.29) is 12.5 Å². The second kappa shape index (κ2) is 10.0. The molecule has 0 aromatic carbocycles. The van der Waals surface area contributed by atoms with E-state index in [0.717, 1.165) is 49.1 Å². The molecule has 0 radical (unpaired) electrons. The lowest BCUT2D eigenvalue weighted by atomic mass is 10.2.